The van der Waals surface area contributed by atoms with Gasteiger partial charge < -0.3 is 24.8 Å². The number of hydrogen-bond donors (Lipinski definition) is 0. The fraction of sp³-hybridized carbons (Fsp3) is 0.316. The predicted molar refractivity (Wildman–Crippen MR) is 86.1 cm³/mol. The number of benzene rings is 1. The average molecular weight is 413 g/mol. The van der Waals surface area contributed by atoms with Crippen LogP contribution in [0.3, 0.4) is 0 Å². The monoisotopic (exact) mass is 410 g/mol. The second kappa shape index (κ2) is 8.05. The molecule has 0 N–H and O–H groups in total. The molecule has 1 atom stereocenters. The standard InChI is InChI=1S/C11H11.C5H5.C3H6.2ClH.Zr/c1-8-6-7-9(2)11-5-3-4-10(8)11;1-2-4-5-3-1;1-3-2;;;/h3-7H,1-2H3;1-5H;1-2H3;2*1H;/q;;;;;+2/p-2. The van der Waals surface area contributed by atoms with Crippen LogP contribution in [0.5, 0.6) is 0 Å². The quantitative estimate of drug-likeness (QED) is 0.592. The van der Waals surface area contributed by atoms with Crippen molar-refractivity contribution in [3.05, 3.63) is 64.8 Å². The molecule has 1 aromatic carbocycles. The molecule has 1 aromatic rings. The summed E-state index contributed by atoms with van der Waals surface area (Å²) < 4.78 is 3.18. The van der Waals surface area contributed by atoms with Crippen LogP contribution in [0.25, 0.3) is 6.08 Å². The van der Waals surface area contributed by atoms with Gasteiger partial charge >= 0.3 is 130 Å². The van der Waals surface area contributed by atoms with E-state index in [-0.39, 0.29) is 24.8 Å². The Kier molecular flexibility index (Phi) is 7.25. The van der Waals surface area contributed by atoms with Crippen molar-refractivity contribution >= 4 is 9.28 Å². The fourth-order valence-electron chi connectivity index (χ4n) is 3.53. The van der Waals surface area contributed by atoms with E-state index in [1.165, 1.54) is 16.7 Å². The van der Waals surface area contributed by atoms with Crippen LogP contribution in [0.4, 0.5) is 0 Å². The minimum absolute atomic E-state index is 0. The maximum absolute atomic E-state index is 2.51. The van der Waals surface area contributed by atoms with Crippen LogP contribution in [0, 0.1) is 13.8 Å². The molecule has 0 saturated heterocycles. The Balaban J connectivity index is 0.00000121. The second-order valence-corrected chi connectivity index (χ2v) is 14.0. The van der Waals surface area contributed by atoms with Crippen molar-refractivity contribution in [2.75, 3.05) is 0 Å². The third kappa shape index (κ3) is 3.48. The van der Waals surface area contributed by atoms with Crippen molar-refractivity contribution < 1.29 is 46.1 Å². The summed E-state index contributed by atoms with van der Waals surface area (Å²) in [5.41, 5.74) is 6.04. The van der Waals surface area contributed by atoms with Gasteiger partial charge in [0.1, 0.15) is 0 Å². The van der Waals surface area contributed by atoms with Crippen LogP contribution in [-0.4, -0.2) is 3.21 Å². The first-order chi connectivity index (χ1) is 9.59. The van der Waals surface area contributed by atoms with Gasteiger partial charge in [0.15, 0.2) is 0 Å². The molecular weight excluding hydrogens is 390 g/mol. The largest absolute Gasteiger partial charge is 1.00 e. The van der Waals surface area contributed by atoms with Gasteiger partial charge in [0.05, 0.1) is 0 Å². The van der Waals surface area contributed by atoms with Crippen molar-refractivity contribution in [3.8, 4) is 0 Å². The summed E-state index contributed by atoms with van der Waals surface area (Å²) >= 11 is -1.71. The van der Waals surface area contributed by atoms with Gasteiger partial charge in [-0.2, -0.15) is 0 Å². The van der Waals surface area contributed by atoms with Gasteiger partial charge in [0.2, 0.25) is 0 Å². The smallest absolute Gasteiger partial charge is 1.00 e. The third-order valence-corrected chi connectivity index (χ3v) is 12.9. The van der Waals surface area contributed by atoms with E-state index in [9.17, 15) is 0 Å². The van der Waals surface area contributed by atoms with Crippen molar-refractivity contribution in [2.24, 2.45) is 0 Å². The Morgan fingerprint density at radius 3 is 2.09 bits per heavy atom. The fourth-order valence-corrected chi connectivity index (χ4v) is 11.7. The minimum Gasteiger partial charge on any atom is -1.00 e. The van der Waals surface area contributed by atoms with Gasteiger partial charge in [-0.3, -0.25) is 0 Å². The number of halogens is 2. The normalized spacial score (nSPS) is 17.5. The van der Waals surface area contributed by atoms with E-state index in [1.54, 1.807) is 8.77 Å². The summed E-state index contributed by atoms with van der Waals surface area (Å²) in [5, 5.41) is 0. The number of rotatable bonds is 2. The van der Waals surface area contributed by atoms with E-state index >= 15 is 0 Å². The molecule has 0 fully saturated rings. The Morgan fingerprint density at radius 1 is 0.909 bits per heavy atom. The molecule has 22 heavy (non-hydrogen) atoms. The van der Waals surface area contributed by atoms with Crippen LogP contribution in [0.15, 0.2) is 42.5 Å². The van der Waals surface area contributed by atoms with E-state index in [0.717, 1.165) is 7.25 Å². The molecule has 2 aliphatic rings. The van der Waals surface area contributed by atoms with Gasteiger partial charge in [-0.1, -0.05) is 0 Å². The molecule has 3 rings (SSSR count). The molecule has 0 aromatic heterocycles. The molecule has 2 aliphatic carbocycles. The van der Waals surface area contributed by atoms with Gasteiger partial charge in [0.25, 0.3) is 0 Å². The Labute approximate surface area is 154 Å². The molecule has 116 valence electrons. The SMILES string of the molecule is C[C](C)=[Zr+2]([CH]1C=CC=C1)[CH]1C=Cc2c(C)ccc(C)c21.[Cl-].[Cl-]. The van der Waals surface area contributed by atoms with Crippen LogP contribution in [0.1, 0.15) is 39.7 Å². The van der Waals surface area contributed by atoms with Gasteiger partial charge in [-0.15, -0.1) is 0 Å². The molecule has 0 heterocycles. The van der Waals surface area contributed by atoms with Crippen molar-refractivity contribution in [3.63, 3.8) is 0 Å². The summed E-state index contributed by atoms with van der Waals surface area (Å²) in [6, 6.07) is 4.57. The van der Waals surface area contributed by atoms with E-state index in [0.29, 0.717) is 0 Å². The second-order valence-electron chi connectivity index (χ2n) is 6.11. The van der Waals surface area contributed by atoms with Crippen LogP contribution in [0.2, 0.25) is 3.63 Å². The summed E-state index contributed by atoms with van der Waals surface area (Å²) in [6.07, 6.45) is 14.2. The topological polar surface area (TPSA) is 0 Å². The van der Waals surface area contributed by atoms with Crippen molar-refractivity contribution in [1.29, 1.82) is 0 Å². The van der Waals surface area contributed by atoms with Crippen LogP contribution in [-0.2, 0) is 21.3 Å². The maximum atomic E-state index is 2.51. The molecule has 0 saturated carbocycles. The van der Waals surface area contributed by atoms with E-state index in [2.05, 4.69) is 76.3 Å². The number of allylic oxidation sites excluding steroid dienone is 5. The van der Waals surface area contributed by atoms with Gasteiger partial charge in [0, 0.05) is 0 Å². The van der Waals surface area contributed by atoms with Crippen molar-refractivity contribution in [2.45, 2.75) is 34.9 Å². The number of hydrogen-bond acceptors (Lipinski definition) is 0. The van der Waals surface area contributed by atoms with E-state index in [4.69, 9.17) is 0 Å². The first-order valence-electron chi connectivity index (χ1n) is 7.40. The van der Waals surface area contributed by atoms with Crippen molar-refractivity contribution in [1.82, 2.24) is 0 Å². The maximum Gasteiger partial charge on any atom is -1.00 e. The summed E-state index contributed by atoms with van der Waals surface area (Å²) in [6.45, 7) is 9.26. The summed E-state index contributed by atoms with van der Waals surface area (Å²) in [7, 11) is 0. The summed E-state index contributed by atoms with van der Waals surface area (Å²) in [5.74, 6) is 0. The molecular formula is C19H22Cl2Zr. The average Bonchev–Trinajstić information content (AvgIpc) is 3.04. The van der Waals surface area contributed by atoms with E-state index in [1.807, 2.05) is 0 Å². The molecule has 0 spiro atoms. The molecule has 1 unspecified atom stereocenters. The predicted octanol–water partition coefficient (Wildman–Crippen LogP) is -0.876. The third-order valence-electron chi connectivity index (χ3n) is 4.51. The van der Waals surface area contributed by atoms with Crippen LogP contribution >= 0.6 is 0 Å². The zero-order valence-electron chi connectivity index (χ0n) is 13.5. The Hall–Kier alpha value is -0.227. The van der Waals surface area contributed by atoms with E-state index < -0.39 is 21.3 Å². The molecule has 0 radical (unpaired) electrons. The summed E-state index contributed by atoms with van der Waals surface area (Å²) in [4.78, 5) is 0. The Bertz CT molecular complexity index is 665. The molecule has 0 nitrogen and oxygen atoms in total. The zero-order valence-corrected chi connectivity index (χ0v) is 17.5. The van der Waals surface area contributed by atoms with Gasteiger partial charge in [-0.25, -0.2) is 0 Å². The first-order valence-corrected chi connectivity index (χ1v) is 11.5. The van der Waals surface area contributed by atoms with Crippen LogP contribution < -0.4 is 24.8 Å². The number of fused-ring (bicyclic) bond motifs is 1. The number of aryl methyl sites for hydroxylation is 2. The molecule has 3 heteroatoms. The minimum atomic E-state index is -1.71. The Morgan fingerprint density at radius 2 is 1.50 bits per heavy atom. The molecule has 0 bridgehead atoms. The molecule has 0 aliphatic heterocycles. The zero-order chi connectivity index (χ0) is 14.3. The van der Waals surface area contributed by atoms with Gasteiger partial charge in [-0.05, 0) is 0 Å². The molecule has 0 amide bonds. The first kappa shape index (κ1) is 19.8.